The van der Waals surface area contributed by atoms with Crippen LogP contribution in [0.4, 0.5) is 5.00 Å². The molecule has 0 aliphatic heterocycles. The lowest BCUT2D eigenvalue weighted by molar-refractivity contribution is -0.146. The van der Waals surface area contributed by atoms with Gasteiger partial charge in [0.25, 0.3) is 5.91 Å². The van der Waals surface area contributed by atoms with Crippen molar-refractivity contribution in [2.45, 2.75) is 70.3 Å². The van der Waals surface area contributed by atoms with Crippen LogP contribution in [0.1, 0.15) is 72.2 Å². The second-order valence-corrected chi connectivity index (χ2v) is 10.7. The van der Waals surface area contributed by atoms with Crippen LogP contribution in [0.3, 0.4) is 0 Å². The molecule has 166 valence electrons. The number of aryl methyl sites for hydroxylation is 1. The standard InChI is InChI=1S/C24H30N2O4S/c27-21(18-13-10-11-14(12-13)19(18)24(29)30)26-23-20(16-8-4-5-9-17(16)31-23)22(28)25-15-6-2-1-3-7-15/h10-11,13-15,18-19H,1-9,12H2,(H,25,28)(H,26,27)(H,29,30)/t13-,14-,18+,19-/m0/s1. The fourth-order valence-electron chi connectivity index (χ4n) is 6.11. The van der Waals surface area contributed by atoms with E-state index in [1.165, 1.54) is 22.6 Å². The summed E-state index contributed by atoms with van der Waals surface area (Å²) in [6.07, 6.45) is 14.2. The molecule has 2 saturated carbocycles. The first kappa shape index (κ1) is 20.7. The van der Waals surface area contributed by atoms with Crippen molar-refractivity contribution < 1.29 is 19.5 Å². The Morgan fingerprint density at radius 1 is 0.935 bits per heavy atom. The smallest absolute Gasteiger partial charge is 0.307 e. The molecule has 4 atom stereocenters. The van der Waals surface area contributed by atoms with E-state index in [-0.39, 0.29) is 29.7 Å². The van der Waals surface area contributed by atoms with Crippen LogP contribution in [0.25, 0.3) is 0 Å². The maximum absolute atomic E-state index is 13.3. The van der Waals surface area contributed by atoms with Crippen molar-refractivity contribution in [2.75, 3.05) is 5.32 Å². The molecular weight excluding hydrogens is 412 g/mol. The molecule has 2 fully saturated rings. The summed E-state index contributed by atoms with van der Waals surface area (Å²) in [5, 5.41) is 16.6. The van der Waals surface area contributed by atoms with Crippen LogP contribution in [0.5, 0.6) is 0 Å². The minimum atomic E-state index is -0.905. The highest BCUT2D eigenvalue weighted by Gasteiger charge is 2.51. The Bertz CT molecular complexity index is 930. The molecule has 4 aliphatic carbocycles. The van der Waals surface area contributed by atoms with E-state index in [1.807, 2.05) is 12.2 Å². The van der Waals surface area contributed by atoms with Crippen LogP contribution in [-0.2, 0) is 22.4 Å². The van der Waals surface area contributed by atoms with E-state index in [4.69, 9.17) is 0 Å². The molecule has 1 aromatic heterocycles. The summed E-state index contributed by atoms with van der Waals surface area (Å²) in [6.45, 7) is 0. The number of carbonyl (C=O) groups excluding carboxylic acids is 2. The number of carbonyl (C=O) groups is 3. The van der Waals surface area contributed by atoms with Gasteiger partial charge in [-0.3, -0.25) is 14.4 Å². The van der Waals surface area contributed by atoms with Crippen molar-refractivity contribution in [1.82, 2.24) is 5.32 Å². The van der Waals surface area contributed by atoms with Gasteiger partial charge >= 0.3 is 5.97 Å². The third kappa shape index (κ3) is 3.81. The van der Waals surface area contributed by atoms with Gasteiger partial charge in [0.1, 0.15) is 5.00 Å². The topological polar surface area (TPSA) is 95.5 Å². The van der Waals surface area contributed by atoms with Gasteiger partial charge in [-0.2, -0.15) is 0 Å². The van der Waals surface area contributed by atoms with E-state index in [1.54, 1.807) is 0 Å². The van der Waals surface area contributed by atoms with Gasteiger partial charge in [0.05, 0.1) is 17.4 Å². The number of allylic oxidation sites excluding steroid dienone is 2. The lowest BCUT2D eigenvalue weighted by atomic mass is 9.82. The third-order valence-electron chi connectivity index (χ3n) is 7.62. The van der Waals surface area contributed by atoms with Crippen molar-refractivity contribution in [2.24, 2.45) is 23.7 Å². The molecule has 4 aliphatic rings. The molecular formula is C24H30N2O4S. The predicted octanol–water partition coefficient (Wildman–Crippen LogP) is 4.15. The van der Waals surface area contributed by atoms with Gasteiger partial charge in [0, 0.05) is 10.9 Å². The van der Waals surface area contributed by atoms with Gasteiger partial charge in [-0.15, -0.1) is 11.3 Å². The molecule has 1 aromatic rings. The summed E-state index contributed by atoms with van der Waals surface area (Å²) in [5.41, 5.74) is 1.71. The first-order valence-electron chi connectivity index (χ1n) is 11.7. The van der Waals surface area contributed by atoms with E-state index in [0.29, 0.717) is 10.6 Å². The van der Waals surface area contributed by atoms with Crippen molar-refractivity contribution >= 4 is 34.1 Å². The average molecular weight is 443 g/mol. The number of fused-ring (bicyclic) bond motifs is 3. The number of anilines is 1. The number of rotatable bonds is 5. The quantitative estimate of drug-likeness (QED) is 0.597. The Morgan fingerprint density at radius 2 is 1.65 bits per heavy atom. The highest BCUT2D eigenvalue weighted by atomic mass is 32.1. The normalized spacial score (nSPS) is 29.5. The summed E-state index contributed by atoms with van der Waals surface area (Å²) in [5.74, 6) is -2.58. The van der Waals surface area contributed by atoms with E-state index in [9.17, 15) is 19.5 Å². The van der Waals surface area contributed by atoms with Gasteiger partial charge in [0.2, 0.25) is 5.91 Å². The second kappa shape index (κ2) is 8.41. The molecule has 0 spiro atoms. The Labute approximate surface area is 186 Å². The summed E-state index contributed by atoms with van der Waals surface area (Å²) >= 11 is 1.51. The van der Waals surface area contributed by atoms with Crippen LogP contribution in [0, 0.1) is 23.7 Å². The highest BCUT2D eigenvalue weighted by Crippen LogP contribution is 2.49. The number of carboxylic acid groups (broad SMARTS) is 1. The zero-order chi connectivity index (χ0) is 21.5. The average Bonchev–Trinajstić information content (AvgIpc) is 3.46. The lowest BCUT2D eigenvalue weighted by Crippen LogP contribution is -2.38. The summed E-state index contributed by atoms with van der Waals surface area (Å²) in [6, 6.07) is 0.205. The van der Waals surface area contributed by atoms with Gasteiger partial charge in [-0.05, 0) is 62.3 Å². The molecule has 0 unspecified atom stereocenters. The molecule has 0 radical (unpaired) electrons. The Hall–Kier alpha value is -2.15. The summed E-state index contributed by atoms with van der Waals surface area (Å²) in [7, 11) is 0. The fraction of sp³-hybridized carbons (Fsp3) is 0.625. The number of aliphatic carboxylic acids is 1. The Balaban J connectivity index is 1.40. The fourth-order valence-corrected chi connectivity index (χ4v) is 7.40. The minimum absolute atomic E-state index is 0.0276. The maximum Gasteiger partial charge on any atom is 0.307 e. The highest BCUT2D eigenvalue weighted by molar-refractivity contribution is 7.17. The van der Waals surface area contributed by atoms with Gasteiger partial charge < -0.3 is 15.7 Å². The molecule has 5 rings (SSSR count). The van der Waals surface area contributed by atoms with Crippen LogP contribution >= 0.6 is 11.3 Å². The zero-order valence-corrected chi connectivity index (χ0v) is 18.5. The van der Waals surface area contributed by atoms with Gasteiger partial charge in [-0.25, -0.2) is 0 Å². The van der Waals surface area contributed by atoms with Crippen molar-refractivity contribution in [1.29, 1.82) is 0 Å². The second-order valence-electron chi connectivity index (χ2n) is 9.55. The number of hydrogen-bond acceptors (Lipinski definition) is 4. The van der Waals surface area contributed by atoms with E-state index in [2.05, 4.69) is 10.6 Å². The molecule has 1 heterocycles. The summed E-state index contributed by atoms with van der Waals surface area (Å²) < 4.78 is 0. The van der Waals surface area contributed by atoms with Gasteiger partial charge in [-0.1, -0.05) is 31.4 Å². The number of hydrogen-bond donors (Lipinski definition) is 3. The van der Waals surface area contributed by atoms with Crippen LogP contribution in [-0.4, -0.2) is 28.9 Å². The lowest BCUT2D eigenvalue weighted by Gasteiger charge is -2.25. The van der Waals surface area contributed by atoms with Crippen molar-refractivity contribution in [3.8, 4) is 0 Å². The molecule has 6 nitrogen and oxygen atoms in total. The predicted molar refractivity (Wildman–Crippen MR) is 119 cm³/mol. The van der Waals surface area contributed by atoms with E-state index >= 15 is 0 Å². The minimum Gasteiger partial charge on any atom is -0.481 e. The molecule has 3 N–H and O–H groups in total. The number of nitrogens with one attached hydrogen (secondary N) is 2. The summed E-state index contributed by atoms with van der Waals surface area (Å²) in [4.78, 5) is 39.6. The molecule has 31 heavy (non-hydrogen) atoms. The zero-order valence-electron chi connectivity index (χ0n) is 17.7. The Kier molecular flexibility index (Phi) is 5.63. The maximum atomic E-state index is 13.3. The SMILES string of the molecule is O=C(NC1CCCCC1)c1c(NC(=O)[C@H]2[C@@H](C(=O)O)[C@H]3C=C[C@H]2C3)sc2c1CCCC2. The Morgan fingerprint density at radius 3 is 2.39 bits per heavy atom. The third-order valence-corrected chi connectivity index (χ3v) is 8.83. The number of amides is 2. The number of thiophene rings is 1. The van der Waals surface area contributed by atoms with Crippen LogP contribution in [0.15, 0.2) is 12.2 Å². The molecule has 0 saturated heterocycles. The van der Waals surface area contributed by atoms with E-state index < -0.39 is 17.8 Å². The number of carboxylic acids is 1. The van der Waals surface area contributed by atoms with E-state index in [0.717, 1.165) is 63.4 Å². The van der Waals surface area contributed by atoms with Crippen LogP contribution in [0.2, 0.25) is 0 Å². The first-order chi connectivity index (χ1) is 15.0. The molecule has 7 heteroatoms. The van der Waals surface area contributed by atoms with Crippen molar-refractivity contribution in [3.63, 3.8) is 0 Å². The van der Waals surface area contributed by atoms with Crippen molar-refractivity contribution in [3.05, 3.63) is 28.2 Å². The molecule has 0 aromatic carbocycles. The first-order valence-corrected chi connectivity index (χ1v) is 12.5. The van der Waals surface area contributed by atoms with Gasteiger partial charge in [0.15, 0.2) is 0 Å². The largest absolute Gasteiger partial charge is 0.481 e. The monoisotopic (exact) mass is 442 g/mol. The molecule has 2 bridgehead atoms. The molecule has 2 amide bonds. The van der Waals surface area contributed by atoms with Crippen LogP contribution < -0.4 is 10.6 Å².